The van der Waals surface area contributed by atoms with Gasteiger partial charge in [0.25, 0.3) is 5.91 Å². The lowest BCUT2D eigenvalue weighted by Crippen LogP contribution is -2.33. The third-order valence-electron chi connectivity index (χ3n) is 5.33. The molecule has 1 aromatic carbocycles. The summed E-state index contributed by atoms with van der Waals surface area (Å²) in [5.74, 6) is -0.0315. The number of nitrogen functional groups attached to an aromatic ring is 1. The van der Waals surface area contributed by atoms with Crippen LogP contribution in [-0.4, -0.2) is 48.8 Å². The van der Waals surface area contributed by atoms with Crippen LogP contribution in [0, 0.1) is 6.92 Å². The molecule has 0 radical (unpaired) electrons. The summed E-state index contributed by atoms with van der Waals surface area (Å²) < 4.78 is 1.81. The molecule has 1 atom stereocenters. The van der Waals surface area contributed by atoms with Gasteiger partial charge in [-0.25, -0.2) is 14.6 Å². The van der Waals surface area contributed by atoms with E-state index in [4.69, 9.17) is 5.73 Å². The number of allylic oxidation sites excluding steroid dienone is 1. The van der Waals surface area contributed by atoms with Crippen molar-refractivity contribution in [1.82, 2.24) is 24.6 Å². The van der Waals surface area contributed by atoms with Gasteiger partial charge in [0.05, 0.1) is 11.4 Å². The molecule has 1 aliphatic rings. The minimum atomic E-state index is -0.393. The molecule has 2 aromatic heterocycles. The Bertz CT molecular complexity index is 1120. The predicted molar refractivity (Wildman–Crippen MR) is 115 cm³/mol. The molecular formula is C21H25N7O2. The van der Waals surface area contributed by atoms with Crippen molar-refractivity contribution >= 4 is 28.4 Å². The van der Waals surface area contributed by atoms with E-state index < -0.39 is 5.91 Å². The van der Waals surface area contributed by atoms with Crippen LogP contribution in [0.25, 0.3) is 11.0 Å². The number of carbonyl (C=O) groups excluding carboxylic acids is 1. The third-order valence-corrected chi connectivity index (χ3v) is 5.33. The minimum absolute atomic E-state index is 0.0729. The second-order valence-electron chi connectivity index (χ2n) is 7.48. The maximum Gasteiger partial charge on any atom is 0.277 e. The molecule has 1 fully saturated rings. The SMILES string of the molecule is CC=CN1CCC[C@@H](n2nc(C(=O)Nc3ccc(O)cc3C)c3c(N)ncnc32)C1. The average molecular weight is 407 g/mol. The van der Waals surface area contributed by atoms with Gasteiger partial charge in [-0.2, -0.15) is 5.10 Å². The number of rotatable bonds is 4. The van der Waals surface area contributed by atoms with E-state index in [1.807, 2.05) is 17.7 Å². The summed E-state index contributed by atoms with van der Waals surface area (Å²) in [6, 6.07) is 4.83. The third kappa shape index (κ3) is 3.66. The highest BCUT2D eigenvalue weighted by molar-refractivity contribution is 6.13. The molecule has 0 saturated carbocycles. The fraction of sp³-hybridized carbons (Fsp3) is 0.333. The highest BCUT2D eigenvalue weighted by Crippen LogP contribution is 2.29. The van der Waals surface area contributed by atoms with Crippen LogP contribution in [0.2, 0.25) is 0 Å². The van der Waals surface area contributed by atoms with Gasteiger partial charge in [0, 0.05) is 18.8 Å². The number of carbonyl (C=O) groups is 1. The standard InChI is InChI=1S/C21H25N7O2/c1-3-8-27-9-4-5-14(11-27)28-20-17(19(22)23-12-24-20)18(26-28)21(30)25-16-7-6-15(29)10-13(16)2/h3,6-8,10,12,14,29H,4-5,9,11H2,1-2H3,(H,25,30)(H2,22,23,24)/t14-/m1/s1. The van der Waals surface area contributed by atoms with E-state index in [-0.39, 0.29) is 23.3 Å². The van der Waals surface area contributed by atoms with Crippen molar-refractivity contribution in [2.75, 3.05) is 24.1 Å². The van der Waals surface area contributed by atoms with Crippen LogP contribution < -0.4 is 11.1 Å². The van der Waals surface area contributed by atoms with Crippen molar-refractivity contribution in [3.8, 4) is 5.75 Å². The molecule has 1 saturated heterocycles. The molecule has 1 aliphatic heterocycles. The summed E-state index contributed by atoms with van der Waals surface area (Å²) in [5, 5.41) is 17.6. The number of anilines is 2. The Morgan fingerprint density at radius 2 is 2.20 bits per heavy atom. The van der Waals surface area contributed by atoms with Crippen molar-refractivity contribution in [2.24, 2.45) is 0 Å². The molecule has 4 N–H and O–H groups in total. The van der Waals surface area contributed by atoms with Crippen molar-refractivity contribution in [2.45, 2.75) is 32.7 Å². The molecule has 30 heavy (non-hydrogen) atoms. The molecule has 9 heteroatoms. The zero-order chi connectivity index (χ0) is 21.3. The van der Waals surface area contributed by atoms with Crippen LogP contribution in [0.3, 0.4) is 0 Å². The maximum absolute atomic E-state index is 13.1. The molecule has 0 bridgehead atoms. The zero-order valence-electron chi connectivity index (χ0n) is 17.0. The first-order valence-electron chi connectivity index (χ1n) is 9.94. The molecule has 0 spiro atoms. The Balaban J connectivity index is 1.72. The number of phenolic OH excluding ortho intramolecular Hbond substituents is 1. The van der Waals surface area contributed by atoms with Crippen LogP contribution in [0.4, 0.5) is 11.5 Å². The number of piperidine rings is 1. The van der Waals surface area contributed by atoms with Gasteiger partial charge < -0.3 is 21.1 Å². The summed E-state index contributed by atoms with van der Waals surface area (Å²) >= 11 is 0. The lowest BCUT2D eigenvalue weighted by atomic mass is 10.1. The molecule has 1 amide bonds. The fourth-order valence-corrected chi connectivity index (χ4v) is 3.91. The first-order valence-corrected chi connectivity index (χ1v) is 9.94. The largest absolute Gasteiger partial charge is 0.508 e. The minimum Gasteiger partial charge on any atom is -0.508 e. The van der Waals surface area contributed by atoms with Crippen LogP contribution >= 0.6 is 0 Å². The van der Waals surface area contributed by atoms with E-state index >= 15 is 0 Å². The van der Waals surface area contributed by atoms with E-state index in [9.17, 15) is 9.90 Å². The number of amides is 1. The molecule has 156 valence electrons. The summed E-state index contributed by atoms with van der Waals surface area (Å²) in [6.07, 6.45) is 7.44. The van der Waals surface area contributed by atoms with E-state index in [1.165, 1.54) is 12.4 Å². The molecule has 3 heterocycles. The number of aryl methyl sites for hydroxylation is 1. The fourth-order valence-electron chi connectivity index (χ4n) is 3.91. The number of likely N-dealkylation sites (tertiary alicyclic amines) is 1. The first kappa shape index (κ1) is 19.7. The molecule has 9 nitrogen and oxygen atoms in total. The van der Waals surface area contributed by atoms with Gasteiger partial charge in [0.15, 0.2) is 11.3 Å². The number of nitrogens with one attached hydrogen (secondary N) is 1. The van der Waals surface area contributed by atoms with Crippen LogP contribution in [-0.2, 0) is 0 Å². The predicted octanol–water partition coefficient (Wildman–Crippen LogP) is 2.85. The number of aromatic hydroxyl groups is 1. The zero-order valence-corrected chi connectivity index (χ0v) is 17.0. The lowest BCUT2D eigenvalue weighted by Gasteiger charge is -2.32. The van der Waals surface area contributed by atoms with Crippen LogP contribution in [0.5, 0.6) is 5.75 Å². The number of nitrogens with two attached hydrogens (primary N) is 1. The molecule has 4 rings (SSSR count). The Morgan fingerprint density at radius 1 is 1.37 bits per heavy atom. The number of phenols is 1. The second kappa shape index (κ2) is 8.02. The Labute approximate surface area is 174 Å². The Morgan fingerprint density at radius 3 is 2.97 bits per heavy atom. The summed E-state index contributed by atoms with van der Waals surface area (Å²) in [7, 11) is 0. The highest BCUT2D eigenvalue weighted by Gasteiger charge is 2.27. The average Bonchev–Trinajstić information content (AvgIpc) is 3.12. The van der Waals surface area contributed by atoms with Crippen LogP contribution in [0.1, 0.15) is 41.9 Å². The highest BCUT2D eigenvalue weighted by atomic mass is 16.3. The van der Waals surface area contributed by atoms with Gasteiger partial charge >= 0.3 is 0 Å². The van der Waals surface area contributed by atoms with Gasteiger partial charge in [-0.1, -0.05) is 6.08 Å². The number of nitrogens with zero attached hydrogens (tertiary/aromatic N) is 5. The van der Waals surface area contributed by atoms with E-state index in [1.54, 1.807) is 19.1 Å². The summed E-state index contributed by atoms with van der Waals surface area (Å²) in [4.78, 5) is 23.8. The molecule has 0 unspecified atom stereocenters. The van der Waals surface area contributed by atoms with E-state index in [2.05, 4.69) is 31.5 Å². The second-order valence-corrected chi connectivity index (χ2v) is 7.48. The van der Waals surface area contributed by atoms with E-state index in [0.29, 0.717) is 16.7 Å². The molecule has 3 aromatic rings. The smallest absolute Gasteiger partial charge is 0.277 e. The van der Waals surface area contributed by atoms with Gasteiger partial charge in [-0.15, -0.1) is 0 Å². The van der Waals surface area contributed by atoms with Crippen molar-refractivity contribution in [3.63, 3.8) is 0 Å². The van der Waals surface area contributed by atoms with Gasteiger partial charge in [0.1, 0.15) is 17.9 Å². The number of aromatic nitrogens is 4. The van der Waals surface area contributed by atoms with Gasteiger partial charge in [-0.05, 0) is 56.7 Å². The summed E-state index contributed by atoms with van der Waals surface area (Å²) in [5.41, 5.74) is 8.20. The van der Waals surface area contributed by atoms with Gasteiger partial charge in [0.2, 0.25) is 0 Å². The van der Waals surface area contributed by atoms with Gasteiger partial charge in [-0.3, -0.25) is 4.79 Å². The monoisotopic (exact) mass is 407 g/mol. The summed E-state index contributed by atoms with van der Waals surface area (Å²) in [6.45, 7) is 5.57. The molecular weight excluding hydrogens is 382 g/mol. The Kier molecular flexibility index (Phi) is 5.26. The van der Waals surface area contributed by atoms with Crippen LogP contribution in [0.15, 0.2) is 36.8 Å². The topological polar surface area (TPSA) is 122 Å². The van der Waals surface area contributed by atoms with Crippen molar-refractivity contribution in [3.05, 3.63) is 48.1 Å². The van der Waals surface area contributed by atoms with Crippen molar-refractivity contribution in [1.29, 1.82) is 0 Å². The normalized spacial score (nSPS) is 17.0. The number of fused-ring (bicyclic) bond motifs is 1. The van der Waals surface area contributed by atoms with Crippen molar-refractivity contribution < 1.29 is 9.90 Å². The number of hydrogen-bond donors (Lipinski definition) is 3. The number of hydrogen-bond acceptors (Lipinski definition) is 7. The first-order chi connectivity index (χ1) is 14.5. The maximum atomic E-state index is 13.1. The lowest BCUT2D eigenvalue weighted by molar-refractivity contribution is 0.102. The number of benzene rings is 1. The molecule has 0 aliphatic carbocycles. The quantitative estimate of drug-likeness (QED) is 0.568. The Hall–Kier alpha value is -3.62. The van der Waals surface area contributed by atoms with E-state index in [0.717, 1.165) is 31.5 Å².